The molecule has 0 aliphatic heterocycles. The Balaban J connectivity index is 1.94. The third kappa shape index (κ3) is 2.79. The van der Waals surface area contributed by atoms with Crippen molar-refractivity contribution in [3.05, 3.63) is 53.2 Å². The summed E-state index contributed by atoms with van der Waals surface area (Å²) in [4.78, 5) is 9.08. The van der Waals surface area contributed by atoms with Crippen LogP contribution < -0.4 is 5.32 Å². The summed E-state index contributed by atoms with van der Waals surface area (Å²) >= 11 is 0. The van der Waals surface area contributed by atoms with Crippen molar-refractivity contribution in [1.82, 2.24) is 19.5 Å². The van der Waals surface area contributed by atoms with Crippen LogP contribution >= 0.6 is 0 Å². The molecule has 3 aromatic heterocycles. The first-order valence-corrected chi connectivity index (χ1v) is 8.87. The van der Waals surface area contributed by atoms with Gasteiger partial charge in [-0.15, -0.1) is 0 Å². The van der Waals surface area contributed by atoms with E-state index in [1.165, 1.54) is 0 Å². The first-order chi connectivity index (χ1) is 13.0. The molecule has 0 fully saturated rings. The van der Waals surface area contributed by atoms with Gasteiger partial charge in [-0.25, -0.2) is 4.98 Å². The number of rotatable bonds is 4. The molecule has 4 aromatic rings. The summed E-state index contributed by atoms with van der Waals surface area (Å²) in [6, 6.07) is 11.9. The van der Waals surface area contributed by atoms with Crippen LogP contribution in [0.25, 0.3) is 16.7 Å². The summed E-state index contributed by atoms with van der Waals surface area (Å²) < 4.78 is 7.40. The highest BCUT2D eigenvalue weighted by Gasteiger charge is 2.24. The predicted molar refractivity (Wildman–Crippen MR) is 102 cm³/mol. The van der Waals surface area contributed by atoms with Gasteiger partial charge in [-0.1, -0.05) is 31.1 Å². The lowest BCUT2D eigenvalue weighted by atomic mass is 10.0. The second-order valence-corrected chi connectivity index (χ2v) is 7.00. The molecule has 27 heavy (non-hydrogen) atoms. The molecule has 0 unspecified atom stereocenters. The molecule has 4 rings (SSSR count). The molecule has 1 aromatic carbocycles. The summed E-state index contributed by atoms with van der Waals surface area (Å²) in [6.07, 6.45) is 0. The number of imidazole rings is 1. The fourth-order valence-corrected chi connectivity index (χ4v) is 3.31. The topological polar surface area (TPSA) is 92.0 Å². The largest absolute Gasteiger partial charge is 0.359 e. The lowest BCUT2D eigenvalue weighted by Gasteiger charge is -2.21. The molecule has 0 radical (unpaired) electrons. The Morgan fingerprint density at radius 3 is 2.63 bits per heavy atom. The second-order valence-electron chi connectivity index (χ2n) is 7.00. The van der Waals surface area contributed by atoms with Crippen LogP contribution in [0.3, 0.4) is 0 Å². The van der Waals surface area contributed by atoms with Crippen molar-refractivity contribution in [3.63, 3.8) is 0 Å². The minimum atomic E-state index is -0.164. The zero-order chi connectivity index (χ0) is 19.1. The molecule has 7 nitrogen and oxygen atoms in total. The number of anilines is 1. The van der Waals surface area contributed by atoms with E-state index in [0.29, 0.717) is 22.9 Å². The van der Waals surface area contributed by atoms with Crippen molar-refractivity contribution < 1.29 is 4.52 Å². The standard InChI is InChI=1S/C20H20N6O/c1-11(2)18(20-22-13(4)25-27-20)24-17-9-12(3)14(10-21)19-23-15-7-5-6-8-16(15)26(17)19/h5-9,11,18,24H,1-4H3/t18-/m1/s1. The number of aromatic nitrogens is 4. The maximum Gasteiger partial charge on any atom is 0.249 e. The van der Waals surface area contributed by atoms with Crippen LogP contribution in [0.4, 0.5) is 5.82 Å². The minimum Gasteiger partial charge on any atom is -0.359 e. The number of aryl methyl sites for hydroxylation is 2. The quantitative estimate of drug-likeness (QED) is 0.587. The molecular weight excluding hydrogens is 340 g/mol. The van der Waals surface area contributed by atoms with Gasteiger partial charge >= 0.3 is 0 Å². The Bertz CT molecular complexity index is 1180. The van der Waals surface area contributed by atoms with Crippen LogP contribution in [0.1, 0.15) is 42.7 Å². The van der Waals surface area contributed by atoms with Crippen LogP contribution in [0, 0.1) is 31.1 Å². The van der Waals surface area contributed by atoms with Gasteiger partial charge in [0.05, 0.1) is 16.6 Å². The number of pyridine rings is 1. The molecule has 0 aliphatic rings. The van der Waals surface area contributed by atoms with Crippen LogP contribution in [-0.2, 0) is 0 Å². The lowest BCUT2D eigenvalue weighted by Crippen LogP contribution is -2.19. The average Bonchev–Trinajstić information content (AvgIpc) is 3.23. The third-order valence-corrected chi connectivity index (χ3v) is 4.66. The third-order valence-electron chi connectivity index (χ3n) is 4.66. The van der Waals surface area contributed by atoms with Crippen molar-refractivity contribution in [3.8, 4) is 6.07 Å². The molecular formula is C20H20N6O. The fourth-order valence-electron chi connectivity index (χ4n) is 3.31. The highest BCUT2D eigenvalue weighted by molar-refractivity contribution is 5.85. The monoisotopic (exact) mass is 360 g/mol. The summed E-state index contributed by atoms with van der Waals surface area (Å²) in [6.45, 7) is 7.91. The summed E-state index contributed by atoms with van der Waals surface area (Å²) in [7, 11) is 0. The van der Waals surface area contributed by atoms with Crippen LogP contribution in [-0.4, -0.2) is 19.5 Å². The van der Waals surface area contributed by atoms with Gasteiger partial charge in [0.2, 0.25) is 5.89 Å². The normalized spacial score (nSPS) is 12.6. The van der Waals surface area contributed by atoms with Crippen LogP contribution in [0.2, 0.25) is 0 Å². The van der Waals surface area contributed by atoms with E-state index >= 15 is 0 Å². The molecule has 1 N–H and O–H groups in total. The van der Waals surface area contributed by atoms with E-state index in [1.807, 2.05) is 41.7 Å². The number of nitrogens with zero attached hydrogens (tertiary/aromatic N) is 5. The van der Waals surface area contributed by atoms with Crippen molar-refractivity contribution >= 4 is 22.5 Å². The number of fused-ring (bicyclic) bond motifs is 3. The van der Waals surface area contributed by atoms with Gasteiger partial charge in [-0.05, 0) is 43.5 Å². The first kappa shape index (κ1) is 17.0. The fraction of sp³-hybridized carbons (Fsp3) is 0.300. The Labute approximate surface area is 156 Å². The highest BCUT2D eigenvalue weighted by Crippen LogP contribution is 2.31. The van der Waals surface area contributed by atoms with Crippen molar-refractivity contribution in [2.75, 3.05) is 5.32 Å². The van der Waals surface area contributed by atoms with E-state index in [-0.39, 0.29) is 12.0 Å². The van der Waals surface area contributed by atoms with Gasteiger partial charge in [-0.2, -0.15) is 10.2 Å². The molecule has 0 aliphatic carbocycles. The van der Waals surface area contributed by atoms with E-state index in [2.05, 4.69) is 40.4 Å². The van der Waals surface area contributed by atoms with Gasteiger partial charge in [0.15, 0.2) is 11.5 Å². The van der Waals surface area contributed by atoms with Crippen LogP contribution in [0.15, 0.2) is 34.9 Å². The molecule has 1 atom stereocenters. The number of hydrogen-bond acceptors (Lipinski definition) is 6. The van der Waals surface area contributed by atoms with Gasteiger partial charge in [0, 0.05) is 0 Å². The molecule has 136 valence electrons. The van der Waals surface area contributed by atoms with Crippen molar-refractivity contribution in [2.45, 2.75) is 33.7 Å². The Morgan fingerprint density at radius 2 is 1.96 bits per heavy atom. The van der Waals surface area contributed by atoms with E-state index < -0.39 is 0 Å². The van der Waals surface area contributed by atoms with Gasteiger partial charge in [0.25, 0.3) is 0 Å². The summed E-state index contributed by atoms with van der Waals surface area (Å²) in [5.74, 6) is 2.20. The number of nitrogens with one attached hydrogen (secondary N) is 1. The number of nitriles is 1. The molecule has 0 spiro atoms. The summed E-state index contributed by atoms with van der Waals surface area (Å²) in [5, 5.41) is 17.1. The lowest BCUT2D eigenvalue weighted by molar-refractivity contribution is 0.333. The molecule has 3 heterocycles. The molecule has 0 saturated heterocycles. The zero-order valence-corrected chi connectivity index (χ0v) is 15.7. The number of hydrogen-bond donors (Lipinski definition) is 1. The predicted octanol–water partition coefficient (Wildman–Crippen LogP) is 4.17. The molecule has 0 bridgehead atoms. The van der Waals surface area contributed by atoms with Crippen molar-refractivity contribution in [1.29, 1.82) is 5.26 Å². The Hall–Kier alpha value is -3.40. The van der Waals surface area contributed by atoms with E-state index in [0.717, 1.165) is 22.4 Å². The maximum absolute atomic E-state index is 9.63. The smallest absolute Gasteiger partial charge is 0.249 e. The Kier molecular flexibility index (Phi) is 4.04. The molecule has 7 heteroatoms. The average molecular weight is 360 g/mol. The number of benzene rings is 1. The van der Waals surface area contributed by atoms with E-state index in [4.69, 9.17) is 4.52 Å². The summed E-state index contributed by atoms with van der Waals surface area (Å²) in [5.41, 5.74) is 3.87. The van der Waals surface area contributed by atoms with E-state index in [9.17, 15) is 5.26 Å². The SMILES string of the molecule is Cc1noc([C@H](Nc2cc(C)c(C#N)c3nc4ccccc4n23)C(C)C)n1. The zero-order valence-electron chi connectivity index (χ0n) is 15.7. The molecule has 0 saturated carbocycles. The Morgan fingerprint density at radius 1 is 1.19 bits per heavy atom. The van der Waals surface area contributed by atoms with Gasteiger partial charge < -0.3 is 9.84 Å². The van der Waals surface area contributed by atoms with E-state index in [1.54, 1.807) is 6.92 Å². The maximum atomic E-state index is 9.63. The number of para-hydroxylation sites is 2. The molecule has 0 amide bonds. The van der Waals surface area contributed by atoms with Crippen LogP contribution in [0.5, 0.6) is 0 Å². The highest BCUT2D eigenvalue weighted by atomic mass is 16.5. The minimum absolute atomic E-state index is 0.164. The van der Waals surface area contributed by atoms with Gasteiger partial charge in [0.1, 0.15) is 17.9 Å². The van der Waals surface area contributed by atoms with Gasteiger partial charge in [-0.3, -0.25) is 4.40 Å². The van der Waals surface area contributed by atoms with Crippen molar-refractivity contribution in [2.24, 2.45) is 5.92 Å². The second kappa shape index (κ2) is 6.40. The first-order valence-electron chi connectivity index (χ1n) is 8.87.